The van der Waals surface area contributed by atoms with Crippen molar-refractivity contribution < 1.29 is 60.7 Å². The van der Waals surface area contributed by atoms with E-state index in [9.17, 15) is 9.59 Å². The molecule has 0 unspecified atom stereocenters. The Morgan fingerprint density at radius 1 is 0.605 bits per heavy atom. The Balaban J connectivity index is 2.27. The van der Waals surface area contributed by atoms with Crippen LogP contribution >= 0.6 is 0 Å². The van der Waals surface area contributed by atoms with E-state index in [1.165, 1.54) is 19.6 Å². The Labute approximate surface area is 490 Å². The molecule has 452 valence electrons. The fourth-order valence-corrected chi connectivity index (χ4v) is 12.8. The van der Waals surface area contributed by atoms with Gasteiger partial charge in [0.25, 0.3) is 0 Å². The van der Waals surface area contributed by atoms with E-state index < -0.39 is 66.2 Å². The maximum atomic E-state index is 13.9. The van der Waals surface area contributed by atoms with Crippen molar-refractivity contribution in [3.05, 3.63) is 109 Å². The van der Waals surface area contributed by atoms with Crippen LogP contribution in [-0.4, -0.2) is 131 Å². The first-order valence-corrected chi connectivity index (χ1v) is 38.5. The number of aromatic nitrogens is 2. The van der Waals surface area contributed by atoms with Gasteiger partial charge in [0.2, 0.25) is 0 Å². The first kappa shape index (κ1) is 72.4. The predicted octanol–water partition coefficient (Wildman–Crippen LogP) is 13.8. The van der Waals surface area contributed by atoms with Crippen molar-refractivity contribution in [2.24, 2.45) is 10.8 Å². The average molecular weight is 1180 g/mol. The molecule has 15 nitrogen and oxygen atoms in total. The molecular weight excluding hydrogens is 1080 g/mol. The van der Waals surface area contributed by atoms with Crippen LogP contribution in [0.4, 0.5) is 0 Å². The minimum Gasteiger partial charge on any atom is -0.464 e. The Hall–Kier alpha value is -4.71. The fraction of sp³-hybridized carbons (Fsp3) is 0.619. The molecule has 2 aromatic heterocycles. The molecule has 0 N–H and O–H groups in total. The summed E-state index contributed by atoms with van der Waals surface area (Å²) in [5.74, 6) is 11.7. The number of oxazole rings is 2. The van der Waals surface area contributed by atoms with Crippen LogP contribution in [0.25, 0.3) is 0 Å². The molecule has 2 rings (SSSR count). The summed E-state index contributed by atoms with van der Waals surface area (Å²) in [6.07, 6.45) is 24.3. The lowest BCUT2D eigenvalue weighted by Gasteiger charge is -2.44. The van der Waals surface area contributed by atoms with E-state index in [4.69, 9.17) is 51.2 Å². The van der Waals surface area contributed by atoms with Gasteiger partial charge in [0.05, 0.1) is 50.5 Å². The van der Waals surface area contributed by atoms with Crippen LogP contribution in [0.1, 0.15) is 108 Å². The van der Waals surface area contributed by atoms with Crippen molar-refractivity contribution in [1.29, 1.82) is 0 Å². The molecule has 0 aliphatic heterocycles. The molecular formula is C63H100N2O13Si3. The number of rotatable bonds is 38. The summed E-state index contributed by atoms with van der Waals surface area (Å²) in [5, 5.41) is 0. The summed E-state index contributed by atoms with van der Waals surface area (Å²) in [6, 6.07) is 5.23. The molecule has 0 aliphatic rings. The highest BCUT2D eigenvalue weighted by molar-refractivity contribution is 6.76. The second-order valence-electron chi connectivity index (χ2n) is 23.6. The lowest BCUT2D eigenvalue weighted by atomic mass is 9.78. The third-order valence-corrected chi connectivity index (χ3v) is 22.3. The molecule has 0 aromatic carbocycles. The largest absolute Gasteiger partial charge is 0.464 e. The maximum absolute atomic E-state index is 13.9. The van der Waals surface area contributed by atoms with E-state index in [0.717, 1.165) is 30.2 Å². The topological polar surface area (TPSA) is 169 Å². The normalized spacial score (nSPS) is 15.3. The molecule has 6 atom stereocenters. The molecule has 0 bridgehead atoms. The summed E-state index contributed by atoms with van der Waals surface area (Å²) >= 11 is 0. The second-order valence-corrected chi connectivity index (χ2v) is 39.5. The Morgan fingerprint density at radius 2 is 1.01 bits per heavy atom. The molecule has 2 aromatic rings. The van der Waals surface area contributed by atoms with Gasteiger partial charge in [-0.2, -0.15) is 0 Å². The molecule has 0 amide bonds. The van der Waals surface area contributed by atoms with Gasteiger partial charge < -0.3 is 51.2 Å². The Bertz CT molecular complexity index is 2440. The zero-order valence-corrected chi connectivity index (χ0v) is 55.4. The molecule has 18 heteroatoms. The van der Waals surface area contributed by atoms with E-state index in [-0.39, 0.29) is 55.4 Å². The highest BCUT2D eigenvalue weighted by Gasteiger charge is 2.43. The van der Waals surface area contributed by atoms with Crippen molar-refractivity contribution in [2.45, 2.75) is 194 Å². The standard InChI is InChI=1S/C63H100N2O13Si3/c1-19-34-54(75-48-71-40-42-79(13,14)15)62(6,7)56(38-32-28-24-26-30-36-50(68-10)44-58-64-52(46-73-58)60(66)70-12)77-61(67)53-47-74-59(65-53)45-51(69-11)37-31-27-25-29-33-39-57(78-81(21-3,22-4)23-5)63(8,9)55(35-20-2)76-49-72-41-43-80(16,17)18/h19-20,28-37,46-47,50-51,54-57H,21-23,38-45,48-49H2,1-18H3/b32-28-,33-29-,34-19+,35-20+,36-30+,37-31+/t50-,51-,54-,55-,56-,57-/m0/s1. The van der Waals surface area contributed by atoms with Crippen LogP contribution in [0.3, 0.4) is 0 Å². The smallest absolute Gasteiger partial charge is 0.360 e. The third-order valence-electron chi connectivity index (χ3n) is 14.2. The van der Waals surface area contributed by atoms with Gasteiger partial charge >= 0.3 is 11.9 Å². The van der Waals surface area contributed by atoms with Gasteiger partial charge in [-0.05, 0) is 86.9 Å². The monoisotopic (exact) mass is 1180 g/mol. The van der Waals surface area contributed by atoms with Crippen LogP contribution in [0, 0.1) is 34.5 Å². The molecule has 0 saturated heterocycles. The number of carbonyl (C=O) groups is 2. The van der Waals surface area contributed by atoms with E-state index in [2.05, 4.69) is 120 Å². The lowest BCUT2D eigenvalue weighted by molar-refractivity contribution is -0.129. The van der Waals surface area contributed by atoms with E-state index in [1.54, 1.807) is 38.5 Å². The van der Waals surface area contributed by atoms with Gasteiger partial charge in [-0.25, -0.2) is 19.6 Å². The lowest BCUT2D eigenvalue weighted by Crippen LogP contribution is -2.49. The van der Waals surface area contributed by atoms with Gasteiger partial charge in [-0.15, -0.1) is 0 Å². The summed E-state index contributed by atoms with van der Waals surface area (Å²) in [5.41, 5.74) is -0.998. The minimum absolute atomic E-state index is 0.0252. The maximum Gasteiger partial charge on any atom is 0.360 e. The van der Waals surface area contributed by atoms with E-state index in [0.29, 0.717) is 37.8 Å². The second kappa shape index (κ2) is 37.5. The fourth-order valence-electron chi connectivity index (χ4n) is 8.28. The van der Waals surface area contributed by atoms with Crippen LogP contribution in [0.2, 0.25) is 69.5 Å². The zero-order chi connectivity index (χ0) is 60.5. The van der Waals surface area contributed by atoms with E-state index >= 15 is 0 Å². The minimum atomic E-state index is -1.99. The molecule has 0 fully saturated rings. The van der Waals surface area contributed by atoms with Gasteiger partial charge in [-0.3, -0.25) is 0 Å². The SMILES string of the molecule is C/C=C/[C@H](OCOCC[Si](C)(C)C)C(C)(C)[C@H](C/C=C\C#C/C=C/[C@@H](Cc1nc(C(=O)OC)co1)OC)OC(=O)c1coc(C[C@H](/C=C/C#C/C=C\C[C@H](O[Si](CC)(CC)CC)C(C)(C)[C@H](/C=C/C)OCOCC[Si](C)(C)C)OC)n1. The van der Waals surface area contributed by atoms with Crippen LogP contribution in [-0.2, 0) is 55.2 Å². The highest BCUT2D eigenvalue weighted by Crippen LogP contribution is 2.38. The quantitative estimate of drug-likeness (QED) is 0.0155. The Kier molecular flexibility index (Phi) is 33.5. The van der Waals surface area contributed by atoms with Gasteiger partial charge in [0, 0.05) is 60.8 Å². The number of allylic oxidation sites excluding steroid dienone is 6. The molecule has 0 aliphatic carbocycles. The zero-order valence-electron chi connectivity index (χ0n) is 52.4. The van der Waals surface area contributed by atoms with Gasteiger partial charge in [-0.1, -0.05) is 148 Å². The predicted molar refractivity (Wildman–Crippen MR) is 331 cm³/mol. The highest BCUT2D eigenvalue weighted by atomic mass is 28.4. The summed E-state index contributed by atoms with van der Waals surface area (Å²) in [7, 11) is -0.0661. The third kappa shape index (κ3) is 27.5. The first-order valence-electron chi connectivity index (χ1n) is 28.6. The summed E-state index contributed by atoms with van der Waals surface area (Å²) < 4.78 is 65.3. The van der Waals surface area contributed by atoms with Crippen molar-refractivity contribution in [1.82, 2.24) is 9.97 Å². The average Bonchev–Trinajstić information content (AvgIpc) is 4.11. The Morgan fingerprint density at radius 3 is 1.41 bits per heavy atom. The number of ether oxygens (including phenoxy) is 8. The number of carbonyl (C=O) groups excluding carboxylic acids is 2. The van der Waals surface area contributed by atoms with Crippen molar-refractivity contribution >= 4 is 36.4 Å². The van der Waals surface area contributed by atoms with Crippen molar-refractivity contribution in [3.8, 4) is 23.7 Å². The van der Waals surface area contributed by atoms with Crippen LogP contribution in [0.5, 0.6) is 0 Å². The summed E-state index contributed by atoms with van der Waals surface area (Å²) in [6.45, 7) is 34.7. The molecule has 2 heterocycles. The number of hydrogen-bond donors (Lipinski definition) is 0. The van der Waals surface area contributed by atoms with Gasteiger partial charge in [0.1, 0.15) is 32.2 Å². The van der Waals surface area contributed by atoms with Crippen LogP contribution < -0.4 is 0 Å². The number of esters is 2. The number of nitrogens with zero attached hydrogens (tertiary/aromatic N) is 2. The molecule has 0 saturated carbocycles. The number of hydrogen-bond acceptors (Lipinski definition) is 15. The van der Waals surface area contributed by atoms with Crippen LogP contribution in [0.15, 0.2) is 94.3 Å². The van der Waals surface area contributed by atoms with Gasteiger partial charge in [0.15, 0.2) is 31.5 Å². The summed E-state index contributed by atoms with van der Waals surface area (Å²) in [4.78, 5) is 34.4. The first-order chi connectivity index (χ1) is 38.4. The molecule has 0 spiro atoms. The van der Waals surface area contributed by atoms with E-state index in [1.807, 2.05) is 64.2 Å². The molecule has 0 radical (unpaired) electrons. The molecule has 81 heavy (non-hydrogen) atoms. The number of methoxy groups -OCH3 is 3. The van der Waals surface area contributed by atoms with Crippen molar-refractivity contribution in [3.63, 3.8) is 0 Å². The van der Waals surface area contributed by atoms with Crippen molar-refractivity contribution in [2.75, 3.05) is 48.1 Å².